The molecule has 0 saturated heterocycles. The summed E-state index contributed by atoms with van der Waals surface area (Å²) >= 11 is 4.05. The highest BCUT2D eigenvalue weighted by Crippen LogP contribution is 2.62. The van der Waals surface area contributed by atoms with Gasteiger partial charge in [0.2, 0.25) is 0 Å². The quantitative estimate of drug-likeness (QED) is 0.614. The normalized spacial score (nSPS) is 43.2. The van der Waals surface area contributed by atoms with E-state index in [9.17, 15) is 14.7 Å². The number of rotatable bonds is 4. The summed E-state index contributed by atoms with van der Waals surface area (Å²) in [6.07, 6.45) is 5.19. The summed E-state index contributed by atoms with van der Waals surface area (Å²) in [5, 5.41) is 9.58. The van der Waals surface area contributed by atoms with Crippen LogP contribution in [0, 0.1) is 17.3 Å². The SMILES string of the molecule is O=C(CCS)OC12CC3CC(C1)CC(C(=O)O)(C3)C2. The molecule has 2 atom stereocenters. The monoisotopic (exact) mass is 284 g/mol. The van der Waals surface area contributed by atoms with Crippen molar-refractivity contribution in [3.8, 4) is 0 Å². The number of carboxylic acids is 1. The zero-order chi connectivity index (χ0) is 13.7. The third-order valence-electron chi connectivity index (χ3n) is 5.11. The van der Waals surface area contributed by atoms with Gasteiger partial charge >= 0.3 is 11.9 Å². The molecule has 0 aliphatic heterocycles. The molecule has 4 bridgehead atoms. The van der Waals surface area contributed by atoms with Gasteiger partial charge in [-0.15, -0.1) is 0 Å². The fraction of sp³-hybridized carbons (Fsp3) is 0.857. The van der Waals surface area contributed by atoms with Crippen LogP contribution < -0.4 is 0 Å². The van der Waals surface area contributed by atoms with Crippen LogP contribution in [0.2, 0.25) is 0 Å². The van der Waals surface area contributed by atoms with Gasteiger partial charge in [0.1, 0.15) is 5.60 Å². The number of ether oxygens (including phenoxy) is 1. The van der Waals surface area contributed by atoms with E-state index in [-0.39, 0.29) is 5.97 Å². The van der Waals surface area contributed by atoms with Gasteiger partial charge in [0, 0.05) is 12.2 Å². The lowest BCUT2D eigenvalue weighted by Gasteiger charge is -2.59. The topological polar surface area (TPSA) is 63.6 Å². The Kier molecular flexibility index (Phi) is 3.08. The Balaban J connectivity index is 1.83. The third kappa shape index (κ3) is 2.16. The Labute approximate surface area is 118 Å². The van der Waals surface area contributed by atoms with Gasteiger partial charge in [-0.3, -0.25) is 9.59 Å². The molecule has 0 aromatic rings. The van der Waals surface area contributed by atoms with E-state index in [0.29, 0.717) is 30.4 Å². The van der Waals surface area contributed by atoms with Crippen molar-refractivity contribution in [1.29, 1.82) is 0 Å². The molecule has 0 heterocycles. The second kappa shape index (κ2) is 4.40. The van der Waals surface area contributed by atoms with E-state index in [4.69, 9.17) is 4.74 Å². The van der Waals surface area contributed by atoms with Crippen LogP contribution in [0.25, 0.3) is 0 Å². The molecule has 0 aromatic heterocycles. The maximum Gasteiger partial charge on any atom is 0.309 e. The largest absolute Gasteiger partial charge is 0.481 e. The number of hydrogen-bond acceptors (Lipinski definition) is 4. The summed E-state index contributed by atoms with van der Waals surface area (Å²) in [6, 6.07) is 0. The third-order valence-corrected chi connectivity index (χ3v) is 5.33. The summed E-state index contributed by atoms with van der Waals surface area (Å²) in [4.78, 5) is 23.4. The molecular weight excluding hydrogens is 264 g/mol. The van der Waals surface area contributed by atoms with Gasteiger partial charge in [-0.25, -0.2) is 0 Å². The Hall–Kier alpha value is -0.710. The van der Waals surface area contributed by atoms with Crippen molar-refractivity contribution in [2.24, 2.45) is 17.3 Å². The van der Waals surface area contributed by atoms with Crippen LogP contribution in [0.4, 0.5) is 0 Å². The molecule has 0 amide bonds. The average molecular weight is 284 g/mol. The number of hydrogen-bond donors (Lipinski definition) is 2. The molecule has 0 radical (unpaired) electrons. The zero-order valence-corrected chi connectivity index (χ0v) is 11.8. The highest BCUT2D eigenvalue weighted by atomic mass is 32.1. The van der Waals surface area contributed by atoms with Gasteiger partial charge in [0.25, 0.3) is 0 Å². The molecule has 4 fully saturated rings. The lowest BCUT2D eigenvalue weighted by molar-refractivity contribution is -0.209. The predicted molar refractivity (Wildman–Crippen MR) is 72.0 cm³/mol. The molecule has 0 aromatic carbocycles. The van der Waals surface area contributed by atoms with E-state index in [0.717, 1.165) is 32.1 Å². The lowest BCUT2D eigenvalue weighted by Crippen LogP contribution is -2.59. The van der Waals surface area contributed by atoms with Crippen LogP contribution in [-0.2, 0) is 14.3 Å². The van der Waals surface area contributed by atoms with Crippen molar-refractivity contribution in [1.82, 2.24) is 0 Å². The van der Waals surface area contributed by atoms with Gasteiger partial charge in [-0.1, -0.05) is 0 Å². The molecule has 19 heavy (non-hydrogen) atoms. The highest BCUT2D eigenvalue weighted by molar-refractivity contribution is 7.80. The molecule has 4 rings (SSSR count). The fourth-order valence-corrected chi connectivity index (χ4v) is 5.11. The number of carbonyl (C=O) groups is 2. The molecule has 106 valence electrons. The Bertz CT molecular complexity index is 406. The number of carbonyl (C=O) groups excluding carboxylic acids is 1. The zero-order valence-electron chi connectivity index (χ0n) is 10.9. The minimum absolute atomic E-state index is 0.225. The minimum Gasteiger partial charge on any atom is -0.481 e. The molecule has 4 saturated carbocycles. The van der Waals surface area contributed by atoms with Crippen molar-refractivity contribution in [2.45, 2.75) is 50.5 Å². The first-order valence-corrected chi connectivity index (χ1v) is 7.66. The Morgan fingerprint density at radius 3 is 2.37 bits per heavy atom. The molecule has 4 nitrogen and oxygen atoms in total. The fourth-order valence-electron chi connectivity index (χ4n) is 4.93. The number of esters is 1. The second-order valence-corrected chi connectivity index (χ2v) is 7.12. The van der Waals surface area contributed by atoms with Gasteiger partial charge < -0.3 is 9.84 Å². The number of aliphatic carboxylic acids is 1. The maximum atomic E-state index is 11.8. The molecule has 0 spiro atoms. The predicted octanol–water partition coefficient (Wildman–Crippen LogP) is 2.27. The van der Waals surface area contributed by atoms with Crippen LogP contribution in [0.1, 0.15) is 44.9 Å². The summed E-state index contributed by atoms with van der Waals surface area (Å²) in [6.45, 7) is 0. The van der Waals surface area contributed by atoms with Gasteiger partial charge in [-0.05, 0) is 43.9 Å². The smallest absolute Gasteiger partial charge is 0.309 e. The molecule has 1 N–H and O–H groups in total. The molecule has 4 aliphatic carbocycles. The van der Waals surface area contributed by atoms with Crippen molar-refractivity contribution in [3.63, 3.8) is 0 Å². The van der Waals surface area contributed by atoms with Crippen LogP contribution in [0.3, 0.4) is 0 Å². The minimum atomic E-state index is -0.698. The highest BCUT2D eigenvalue weighted by Gasteiger charge is 2.62. The van der Waals surface area contributed by atoms with Crippen LogP contribution in [0.15, 0.2) is 0 Å². The maximum absolute atomic E-state index is 11.8. The summed E-state index contributed by atoms with van der Waals surface area (Å²) in [7, 11) is 0. The molecule has 2 unspecified atom stereocenters. The second-order valence-electron chi connectivity index (χ2n) is 6.68. The molecular formula is C14H20O4S. The Morgan fingerprint density at radius 2 is 1.84 bits per heavy atom. The van der Waals surface area contributed by atoms with E-state index >= 15 is 0 Å². The first-order chi connectivity index (χ1) is 8.97. The van der Waals surface area contributed by atoms with Crippen LogP contribution in [-0.4, -0.2) is 28.4 Å². The number of carboxylic acid groups (broad SMARTS) is 1. The molecule has 5 heteroatoms. The Morgan fingerprint density at radius 1 is 1.21 bits per heavy atom. The average Bonchev–Trinajstić information content (AvgIpc) is 2.25. The number of thiol groups is 1. The van der Waals surface area contributed by atoms with Crippen molar-refractivity contribution >= 4 is 24.6 Å². The van der Waals surface area contributed by atoms with E-state index in [1.54, 1.807) is 0 Å². The van der Waals surface area contributed by atoms with E-state index in [2.05, 4.69) is 12.6 Å². The van der Waals surface area contributed by atoms with Crippen molar-refractivity contribution in [2.75, 3.05) is 5.75 Å². The van der Waals surface area contributed by atoms with Gasteiger partial charge in [-0.2, -0.15) is 12.6 Å². The van der Waals surface area contributed by atoms with Crippen LogP contribution in [0.5, 0.6) is 0 Å². The first kappa shape index (κ1) is 13.3. The van der Waals surface area contributed by atoms with E-state index < -0.39 is 17.0 Å². The van der Waals surface area contributed by atoms with Crippen LogP contribution >= 0.6 is 12.6 Å². The summed E-state index contributed by atoms with van der Waals surface area (Å²) < 4.78 is 5.72. The van der Waals surface area contributed by atoms with E-state index in [1.165, 1.54) is 0 Å². The van der Waals surface area contributed by atoms with Crippen molar-refractivity contribution in [3.05, 3.63) is 0 Å². The van der Waals surface area contributed by atoms with E-state index in [1.807, 2.05) is 0 Å². The summed E-state index contributed by atoms with van der Waals surface area (Å²) in [5.74, 6) is 0.391. The molecule has 4 aliphatic rings. The van der Waals surface area contributed by atoms with Gasteiger partial charge in [0.05, 0.1) is 11.8 Å². The van der Waals surface area contributed by atoms with Crippen molar-refractivity contribution < 1.29 is 19.4 Å². The van der Waals surface area contributed by atoms with Gasteiger partial charge in [0.15, 0.2) is 0 Å². The first-order valence-electron chi connectivity index (χ1n) is 7.03. The summed E-state index contributed by atoms with van der Waals surface area (Å²) in [5.41, 5.74) is -1.13. The lowest BCUT2D eigenvalue weighted by atomic mass is 9.48. The standard InChI is InChI=1S/C14H20O4S/c15-11(1-2-19)18-14-6-9-3-10(7-14)5-13(4-9,8-14)12(16)17/h9-10,19H,1-8H2,(H,16,17).